The Labute approximate surface area is 151 Å². The maximum Gasteiger partial charge on any atom is 0.254 e. The number of hydrogen-bond donors (Lipinski definition) is 4. The van der Waals surface area contributed by atoms with Crippen molar-refractivity contribution in [3.8, 4) is 0 Å². The van der Waals surface area contributed by atoms with Crippen LogP contribution in [0.5, 0.6) is 0 Å². The number of amides is 1. The molecule has 1 aliphatic carbocycles. The molecule has 0 aliphatic heterocycles. The topological polar surface area (TPSA) is 153 Å². The van der Waals surface area contributed by atoms with E-state index in [2.05, 4.69) is 20.6 Å². The number of nitrogens with zero attached hydrogens (tertiary/aromatic N) is 2. The first-order valence-electron chi connectivity index (χ1n) is 8.12. The first kappa shape index (κ1) is 18.1. The predicted octanol–water partition coefficient (Wildman–Crippen LogP) is 0.626. The minimum absolute atomic E-state index is 0.0686. The van der Waals surface area contributed by atoms with Gasteiger partial charge in [0.1, 0.15) is 5.82 Å². The van der Waals surface area contributed by atoms with E-state index in [0.29, 0.717) is 17.5 Å². The molecular formula is C16H20N6O3S. The standard InChI is InChI=1S/C16H20N6O3S/c17-7-8-26(24,25)12-5-3-11(4-6-12)21-16-19-9-13(14(18)23)15(22-16)20-10-1-2-10/h3-6,9-10H,1-2,7-8,17H2,(H2,18,23)(H2,19,20,21,22). The zero-order valence-electron chi connectivity index (χ0n) is 14.0. The van der Waals surface area contributed by atoms with Gasteiger partial charge in [-0.3, -0.25) is 4.79 Å². The van der Waals surface area contributed by atoms with Crippen LogP contribution in [0.2, 0.25) is 0 Å². The van der Waals surface area contributed by atoms with Crippen LogP contribution in [-0.2, 0) is 9.84 Å². The van der Waals surface area contributed by atoms with E-state index in [0.717, 1.165) is 12.8 Å². The zero-order valence-corrected chi connectivity index (χ0v) is 14.8. The number of primary amides is 1. The monoisotopic (exact) mass is 376 g/mol. The fourth-order valence-electron chi connectivity index (χ4n) is 2.30. The van der Waals surface area contributed by atoms with Crippen molar-refractivity contribution in [2.75, 3.05) is 22.9 Å². The molecule has 6 N–H and O–H groups in total. The first-order valence-corrected chi connectivity index (χ1v) is 9.77. The fourth-order valence-corrected chi connectivity index (χ4v) is 3.40. The van der Waals surface area contributed by atoms with Crippen molar-refractivity contribution in [2.45, 2.75) is 23.8 Å². The zero-order chi connectivity index (χ0) is 18.7. The summed E-state index contributed by atoms with van der Waals surface area (Å²) in [5.74, 6) is -0.0438. The molecule has 0 saturated heterocycles. The summed E-state index contributed by atoms with van der Waals surface area (Å²) in [7, 11) is -3.37. The van der Waals surface area contributed by atoms with Crippen LogP contribution >= 0.6 is 0 Å². The summed E-state index contributed by atoms with van der Waals surface area (Å²) in [5, 5.41) is 6.13. The predicted molar refractivity (Wildman–Crippen MR) is 98.0 cm³/mol. The molecule has 0 radical (unpaired) electrons. The molecule has 3 rings (SSSR count). The van der Waals surface area contributed by atoms with Crippen molar-refractivity contribution in [2.24, 2.45) is 11.5 Å². The van der Waals surface area contributed by atoms with Crippen LogP contribution in [0.25, 0.3) is 0 Å². The van der Waals surface area contributed by atoms with Gasteiger partial charge in [-0.15, -0.1) is 0 Å². The van der Waals surface area contributed by atoms with E-state index in [1.165, 1.54) is 18.3 Å². The lowest BCUT2D eigenvalue weighted by Gasteiger charge is -2.11. The van der Waals surface area contributed by atoms with Gasteiger partial charge < -0.3 is 22.1 Å². The highest BCUT2D eigenvalue weighted by Gasteiger charge is 2.24. The largest absolute Gasteiger partial charge is 0.367 e. The molecule has 2 aromatic rings. The van der Waals surface area contributed by atoms with E-state index in [9.17, 15) is 13.2 Å². The van der Waals surface area contributed by atoms with Crippen LogP contribution in [0.3, 0.4) is 0 Å². The minimum Gasteiger partial charge on any atom is -0.367 e. The third-order valence-electron chi connectivity index (χ3n) is 3.83. The highest BCUT2D eigenvalue weighted by molar-refractivity contribution is 7.91. The number of nitrogens with one attached hydrogen (secondary N) is 2. The van der Waals surface area contributed by atoms with Crippen molar-refractivity contribution in [1.82, 2.24) is 9.97 Å². The van der Waals surface area contributed by atoms with Crippen LogP contribution in [0.4, 0.5) is 17.5 Å². The second kappa shape index (κ2) is 7.26. The molecule has 26 heavy (non-hydrogen) atoms. The molecule has 1 aromatic carbocycles. The van der Waals surface area contributed by atoms with Crippen LogP contribution in [0.1, 0.15) is 23.2 Å². The van der Waals surface area contributed by atoms with Crippen LogP contribution in [0.15, 0.2) is 35.4 Å². The smallest absolute Gasteiger partial charge is 0.254 e. The van der Waals surface area contributed by atoms with E-state index in [1.807, 2.05) is 0 Å². The van der Waals surface area contributed by atoms with Crippen molar-refractivity contribution in [1.29, 1.82) is 0 Å². The Morgan fingerprint density at radius 3 is 2.50 bits per heavy atom. The SMILES string of the molecule is NCCS(=O)(=O)c1ccc(Nc2ncc(C(N)=O)c(NC3CC3)n2)cc1. The van der Waals surface area contributed by atoms with Crippen LogP contribution < -0.4 is 22.1 Å². The summed E-state index contributed by atoms with van der Waals surface area (Å²) >= 11 is 0. The van der Waals surface area contributed by atoms with Gasteiger partial charge >= 0.3 is 0 Å². The average Bonchev–Trinajstić information content (AvgIpc) is 3.39. The van der Waals surface area contributed by atoms with Gasteiger partial charge in [-0.1, -0.05) is 0 Å². The molecule has 1 aliphatic rings. The number of aromatic nitrogens is 2. The van der Waals surface area contributed by atoms with Crippen LogP contribution in [0, 0.1) is 0 Å². The summed E-state index contributed by atoms with van der Waals surface area (Å²) < 4.78 is 24.0. The van der Waals surface area contributed by atoms with Gasteiger partial charge in [0.25, 0.3) is 5.91 Å². The number of nitrogens with two attached hydrogens (primary N) is 2. The molecule has 0 unspecified atom stereocenters. The summed E-state index contributed by atoms with van der Waals surface area (Å²) in [6, 6.07) is 6.51. The Hall–Kier alpha value is -2.72. The molecule has 0 bridgehead atoms. The molecule has 138 valence electrons. The highest BCUT2D eigenvalue weighted by atomic mass is 32.2. The second-order valence-electron chi connectivity index (χ2n) is 6.00. The second-order valence-corrected chi connectivity index (χ2v) is 8.10. The molecule has 1 aromatic heterocycles. The Kier molecular flexibility index (Phi) is 5.05. The third kappa shape index (κ3) is 4.27. The number of carbonyl (C=O) groups excluding carboxylic acids is 1. The van der Waals surface area contributed by atoms with E-state index in [4.69, 9.17) is 11.5 Å². The maximum atomic E-state index is 12.0. The number of rotatable bonds is 8. The first-order chi connectivity index (χ1) is 12.4. The van der Waals surface area contributed by atoms with Gasteiger partial charge in [0.2, 0.25) is 5.95 Å². The van der Waals surface area contributed by atoms with E-state index < -0.39 is 15.7 Å². The van der Waals surface area contributed by atoms with Gasteiger partial charge in [0.15, 0.2) is 9.84 Å². The summed E-state index contributed by atoms with van der Waals surface area (Å²) in [6.07, 6.45) is 3.40. The fraction of sp³-hybridized carbons (Fsp3) is 0.312. The number of carbonyl (C=O) groups is 1. The summed E-state index contributed by atoms with van der Waals surface area (Å²) in [5.41, 5.74) is 11.5. The van der Waals surface area contributed by atoms with Gasteiger partial charge in [-0.25, -0.2) is 13.4 Å². The Balaban J connectivity index is 1.79. The Bertz CT molecular complexity index is 910. The summed E-state index contributed by atoms with van der Waals surface area (Å²) in [6.45, 7) is 0.0686. The number of hydrogen-bond acceptors (Lipinski definition) is 8. The van der Waals surface area contributed by atoms with Crippen molar-refractivity contribution >= 4 is 33.2 Å². The normalized spacial score (nSPS) is 14.0. The van der Waals surface area contributed by atoms with Crippen molar-refractivity contribution in [3.05, 3.63) is 36.0 Å². The van der Waals surface area contributed by atoms with E-state index in [1.54, 1.807) is 12.1 Å². The molecule has 1 saturated carbocycles. The third-order valence-corrected chi connectivity index (χ3v) is 5.59. The Morgan fingerprint density at radius 1 is 1.23 bits per heavy atom. The lowest BCUT2D eigenvalue weighted by atomic mass is 10.3. The molecule has 1 heterocycles. The average molecular weight is 376 g/mol. The number of sulfone groups is 1. The van der Waals surface area contributed by atoms with E-state index >= 15 is 0 Å². The van der Waals surface area contributed by atoms with Crippen molar-refractivity contribution in [3.63, 3.8) is 0 Å². The molecule has 1 amide bonds. The number of benzene rings is 1. The van der Waals surface area contributed by atoms with Gasteiger partial charge in [0, 0.05) is 24.5 Å². The lowest BCUT2D eigenvalue weighted by Crippen LogP contribution is -2.17. The van der Waals surface area contributed by atoms with Gasteiger partial charge in [-0.2, -0.15) is 4.98 Å². The molecule has 10 heteroatoms. The Morgan fingerprint density at radius 2 is 1.92 bits per heavy atom. The minimum atomic E-state index is -3.37. The molecule has 1 fully saturated rings. The molecule has 9 nitrogen and oxygen atoms in total. The van der Waals surface area contributed by atoms with Gasteiger partial charge in [-0.05, 0) is 37.1 Å². The highest BCUT2D eigenvalue weighted by Crippen LogP contribution is 2.26. The van der Waals surface area contributed by atoms with Crippen molar-refractivity contribution < 1.29 is 13.2 Å². The number of anilines is 3. The molecular weight excluding hydrogens is 356 g/mol. The molecule has 0 spiro atoms. The maximum absolute atomic E-state index is 12.0. The molecule has 0 atom stereocenters. The quantitative estimate of drug-likeness (QED) is 0.523. The lowest BCUT2D eigenvalue weighted by molar-refractivity contribution is 0.100. The van der Waals surface area contributed by atoms with Crippen LogP contribution in [-0.4, -0.2) is 42.6 Å². The van der Waals surface area contributed by atoms with E-state index in [-0.39, 0.29) is 28.7 Å². The summed E-state index contributed by atoms with van der Waals surface area (Å²) in [4.78, 5) is 20.1. The van der Waals surface area contributed by atoms with Gasteiger partial charge in [0.05, 0.1) is 16.2 Å².